The van der Waals surface area contributed by atoms with Gasteiger partial charge in [-0.05, 0) is 0 Å². The Morgan fingerprint density at radius 3 is 2.40 bits per heavy atom. The predicted octanol–water partition coefficient (Wildman–Crippen LogP) is 0.765. The average molecular weight is 300 g/mol. The molecular weight excluding hydrogens is 291 g/mol. The van der Waals surface area contributed by atoms with Crippen molar-refractivity contribution in [1.82, 2.24) is 15.1 Å². The molecule has 2 amide bonds. The summed E-state index contributed by atoms with van der Waals surface area (Å²) < 4.78 is 62.0. The maximum absolute atomic E-state index is 12.7. The van der Waals surface area contributed by atoms with Gasteiger partial charge in [0.2, 0.25) is 5.91 Å². The zero-order valence-electron chi connectivity index (χ0n) is 9.96. The van der Waals surface area contributed by atoms with Gasteiger partial charge in [-0.25, -0.2) is 0 Å². The van der Waals surface area contributed by atoms with Gasteiger partial charge in [-0.2, -0.15) is 27.1 Å². The van der Waals surface area contributed by atoms with Gasteiger partial charge in [0.05, 0.1) is 11.9 Å². The maximum Gasteiger partial charge on any atom is 0.463 e. The highest BCUT2D eigenvalue weighted by Crippen LogP contribution is 2.36. The molecule has 0 radical (unpaired) electrons. The number of likely N-dealkylation sites (N-methyl/N-ethyl adjacent to an activating group) is 1. The summed E-state index contributed by atoms with van der Waals surface area (Å²) in [4.78, 5) is 21.8. The first-order valence-electron chi connectivity index (χ1n) is 5.07. The second-order valence-electron chi connectivity index (χ2n) is 3.63. The molecule has 0 saturated carbocycles. The molecule has 1 rings (SSSR count). The van der Waals surface area contributed by atoms with E-state index in [1.165, 1.54) is 12.4 Å². The Balaban J connectivity index is 2.75. The Bertz CT molecular complexity index is 511. The molecule has 0 aliphatic carbocycles. The van der Waals surface area contributed by atoms with Gasteiger partial charge >= 0.3 is 18.0 Å². The number of rotatable bonds is 4. The van der Waals surface area contributed by atoms with E-state index < -0.39 is 23.9 Å². The lowest BCUT2D eigenvalue weighted by Crippen LogP contribution is -2.47. The number of carbonyl (C=O) groups is 2. The number of nitrogens with zero attached hydrogens (tertiary/aromatic N) is 2. The number of carbonyl (C=O) groups excluding carboxylic acids is 2. The van der Waals surface area contributed by atoms with Crippen LogP contribution in [0.5, 0.6) is 0 Å². The van der Waals surface area contributed by atoms with Gasteiger partial charge in [0.1, 0.15) is 6.54 Å². The van der Waals surface area contributed by atoms with Crippen molar-refractivity contribution in [1.29, 1.82) is 0 Å². The molecule has 1 heterocycles. The van der Waals surface area contributed by atoms with Crippen LogP contribution >= 0.6 is 0 Å². The lowest BCUT2D eigenvalue weighted by Gasteiger charge is -2.17. The fourth-order valence-corrected chi connectivity index (χ4v) is 1.08. The highest BCUT2D eigenvalue weighted by molar-refractivity contribution is 5.96. The smallest absolute Gasteiger partial charge is 0.358 e. The van der Waals surface area contributed by atoms with Crippen molar-refractivity contribution in [2.24, 2.45) is 0 Å². The molecule has 112 valence electrons. The summed E-state index contributed by atoms with van der Waals surface area (Å²) in [5, 5.41) is 7.14. The van der Waals surface area contributed by atoms with Gasteiger partial charge in [-0.15, -0.1) is 0 Å². The monoisotopic (exact) mass is 300 g/mol. The van der Waals surface area contributed by atoms with E-state index in [9.17, 15) is 31.5 Å². The first-order chi connectivity index (χ1) is 9.07. The Morgan fingerprint density at radius 1 is 1.30 bits per heavy atom. The van der Waals surface area contributed by atoms with Gasteiger partial charge in [0, 0.05) is 13.2 Å². The van der Waals surface area contributed by atoms with Gasteiger partial charge in [-0.1, -0.05) is 0 Å². The summed E-state index contributed by atoms with van der Waals surface area (Å²) in [6.07, 6.45) is -4.21. The summed E-state index contributed by atoms with van der Waals surface area (Å²) in [6, 6.07) is 0. The number of anilines is 1. The van der Waals surface area contributed by atoms with Gasteiger partial charge in [0.15, 0.2) is 0 Å². The third-order valence-electron chi connectivity index (χ3n) is 2.12. The predicted molar refractivity (Wildman–Crippen MR) is 55.9 cm³/mol. The first-order valence-corrected chi connectivity index (χ1v) is 5.07. The number of hydrogen-bond donors (Lipinski definition) is 2. The van der Waals surface area contributed by atoms with Crippen molar-refractivity contribution >= 4 is 17.5 Å². The van der Waals surface area contributed by atoms with E-state index in [1.54, 1.807) is 0 Å². The summed E-state index contributed by atoms with van der Waals surface area (Å²) in [5.41, 5.74) is -0.386. The molecule has 1 aromatic heterocycles. The molecular formula is C9H9F5N4O2. The van der Waals surface area contributed by atoms with E-state index in [4.69, 9.17) is 0 Å². The van der Waals surface area contributed by atoms with E-state index in [-0.39, 0.29) is 12.2 Å². The SMILES string of the molecule is CNC(=O)Cn1cc(NC(=O)C(F)(F)C(F)(F)F)cn1. The molecule has 0 aromatic carbocycles. The lowest BCUT2D eigenvalue weighted by atomic mass is 10.3. The average Bonchev–Trinajstić information content (AvgIpc) is 2.74. The number of amides is 2. The van der Waals surface area contributed by atoms with Crippen LogP contribution in [-0.4, -0.2) is 40.7 Å². The molecule has 0 unspecified atom stereocenters. The number of aromatic nitrogens is 2. The minimum atomic E-state index is -5.99. The van der Waals surface area contributed by atoms with Crippen LogP contribution in [0.15, 0.2) is 12.4 Å². The Kier molecular flexibility index (Phi) is 4.30. The van der Waals surface area contributed by atoms with Crippen LogP contribution in [0, 0.1) is 0 Å². The standard InChI is InChI=1S/C9H9F5N4O2/c1-15-6(19)4-18-3-5(2-16-18)17-7(20)8(10,11)9(12,13)14/h2-3H,4H2,1H3,(H,15,19)(H,17,20). The van der Waals surface area contributed by atoms with E-state index in [0.29, 0.717) is 0 Å². The quantitative estimate of drug-likeness (QED) is 0.806. The third kappa shape index (κ3) is 3.42. The Morgan fingerprint density at radius 2 is 1.90 bits per heavy atom. The normalized spacial score (nSPS) is 12.1. The fourth-order valence-electron chi connectivity index (χ4n) is 1.08. The van der Waals surface area contributed by atoms with E-state index in [0.717, 1.165) is 17.1 Å². The number of alkyl halides is 5. The van der Waals surface area contributed by atoms with Gasteiger partial charge in [0.25, 0.3) is 0 Å². The zero-order valence-corrected chi connectivity index (χ0v) is 9.96. The number of halogens is 5. The second-order valence-corrected chi connectivity index (χ2v) is 3.63. The van der Waals surface area contributed by atoms with Gasteiger partial charge in [-0.3, -0.25) is 14.3 Å². The molecule has 0 atom stereocenters. The second kappa shape index (κ2) is 5.43. The summed E-state index contributed by atoms with van der Waals surface area (Å²) >= 11 is 0. The van der Waals surface area contributed by atoms with E-state index in [2.05, 4.69) is 10.4 Å². The lowest BCUT2D eigenvalue weighted by molar-refractivity contribution is -0.267. The number of nitrogens with one attached hydrogen (secondary N) is 2. The van der Waals surface area contributed by atoms with Crippen molar-refractivity contribution in [2.45, 2.75) is 18.6 Å². The van der Waals surface area contributed by atoms with Crippen molar-refractivity contribution in [3.63, 3.8) is 0 Å². The Hall–Kier alpha value is -2.20. The van der Waals surface area contributed by atoms with E-state index >= 15 is 0 Å². The van der Waals surface area contributed by atoms with Crippen LogP contribution in [0.1, 0.15) is 0 Å². The highest BCUT2D eigenvalue weighted by Gasteiger charge is 2.63. The molecule has 1 aromatic rings. The molecule has 0 spiro atoms. The molecule has 0 aliphatic rings. The van der Waals surface area contributed by atoms with Crippen LogP contribution in [0.25, 0.3) is 0 Å². The first kappa shape index (κ1) is 15.9. The largest absolute Gasteiger partial charge is 0.463 e. The molecule has 6 nitrogen and oxygen atoms in total. The molecule has 2 N–H and O–H groups in total. The van der Waals surface area contributed by atoms with Crippen molar-refractivity contribution in [3.05, 3.63) is 12.4 Å². The van der Waals surface area contributed by atoms with Gasteiger partial charge < -0.3 is 10.6 Å². The molecule has 11 heteroatoms. The minimum Gasteiger partial charge on any atom is -0.358 e. The summed E-state index contributed by atoms with van der Waals surface area (Å²) in [6.45, 7) is -0.276. The highest BCUT2D eigenvalue weighted by atomic mass is 19.4. The van der Waals surface area contributed by atoms with Crippen molar-refractivity contribution < 1.29 is 31.5 Å². The summed E-state index contributed by atoms with van der Waals surface area (Å²) in [7, 11) is 1.35. The summed E-state index contributed by atoms with van der Waals surface area (Å²) in [5.74, 6) is -8.51. The van der Waals surface area contributed by atoms with Crippen LogP contribution in [-0.2, 0) is 16.1 Å². The minimum absolute atomic E-state index is 0.276. The Labute approximate surface area is 108 Å². The molecule has 0 fully saturated rings. The molecule has 0 aliphatic heterocycles. The van der Waals surface area contributed by atoms with Crippen LogP contribution < -0.4 is 10.6 Å². The molecule has 20 heavy (non-hydrogen) atoms. The van der Waals surface area contributed by atoms with Crippen LogP contribution in [0.2, 0.25) is 0 Å². The third-order valence-corrected chi connectivity index (χ3v) is 2.12. The van der Waals surface area contributed by atoms with Crippen molar-refractivity contribution in [3.8, 4) is 0 Å². The maximum atomic E-state index is 12.7. The zero-order chi connectivity index (χ0) is 15.6. The van der Waals surface area contributed by atoms with Crippen LogP contribution in [0.4, 0.5) is 27.6 Å². The van der Waals surface area contributed by atoms with E-state index in [1.807, 2.05) is 0 Å². The number of hydrogen-bond acceptors (Lipinski definition) is 3. The fraction of sp³-hybridized carbons (Fsp3) is 0.444. The van der Waals surface area contributed by atoms with Crippen LogP contribution in [0.3, 0.4) is 0 Å². The molecule has 0 saturated heterocycles. The molecule has 0 bridgehead atoms. The van der Waals surface area contributed by atoms with Crippen molar-refractivity contribution in [2.75, 3.05) is 12.4 Å². The topological polar surface area (TPSA) is 76.0 Å².